The lowest BCUT2D eigenvalue weighted by atomic mass is 10.3. The van der Waals surface area contributed by atoms with E-state index in [1.165, 1.54) is 30.3 Å². The number of benzene rings is 2. The Kier molecular flexibility index (Phi) is 3.43. The number of amides is 2. The summed E-state index contributed by atoms with van der Waals surface area (Å²) >= 11 is 0. The van der Waals surface area contributed by atoms with Gasteiger partial charge in [0.1, 0.15) is 11.6 Å². The van der Waals surface area contributed by atoms with Gasteiger partial charge in [-0.05, 0) is 42.5 Å². The molecule has 0 aliphatic rings. The van der Waals surface area contributed by atoms with Gasteiger partial charge in [0, 0.05) is 11.4 Å². The number of rotatable bonds is 2. The second kappa shape index (κ2) is 5.18. The van der Waals surface area contributed by atoms with Crippen molar-refractivity contribution in [2.75, 3.05) is 10.6 Å². The molecule has 0 aromatic heterocycles. The fourth-order valence-electron chi connectivity index (χ4n) is 1.40. The Morgan fingerprint density at radius 3 is 2.33 bits per heavy atom. The Morgan fingerprint density at radius 2 is 1.67 bits per heavy atom. The minimum absolute atomic E-state index is 0.117. The average molecular weight is 246 g/mol. The van der Waals surface area contributed by atoms with Gasteiger partial charge >= 0.3 is 6.03 Å². The van der Waals surface area contributed by atoms with E-state index in [2.05, 4.69) is 10.6 Å². The molecule has 0 unspecified atom stereocenters. The van der Waals surface area contributed by atoms with E-state index in [4.69, 9.17) is 5.11 Å². The average Bonchev–Trinajstić information content (AvgIpc) is 2.32. The number of halogens is 1. The quantitative estimate of drug-likeness (QED) is 0.713. The lowest BCUT2D eigenvalue weighted by Gasteiger charge is -2.07. The molecule has 0 saturated carbocycles. The summed E-state index contributed by atoms with van der Waals surface area (Å²) in [5.41, 5.74) is 0.896. The van der Waals surface area contributed by atoms with Crippen LogP contribution in [0.15, 0.2) is 48.5 Å². The number of hydrogen-bond acceptors (Lipinski definition) is 2. The normalized spacial score (nSPS) is 9.83. The molecular formula is C13H11FN2O2. The zero-order chi connectivity index (χ0) is 13.0. The largest absolute Gasteiger partial charge is 0.508 e. The first kappa shape index (κ1) is 11.9. The molecule has 92 valence electrons. The highest BCUT2D eigenvalue weighted by Crippen LogP contribution is 2.14. The van der Waals surface area contributed by atoms with Crippen LogP contribution in [0.25, 0.3) is 0 Å². The summed E-state index contributed by atoms with van der Waals surface area (Å²) in [5, 5.41) is 14.1. The summed E-state index contributed by atoms with van der Waals surface area (Å²) in [7, 11) is 0. The van der Waals surface area contributed by atoms with Crippen molar-refractivity contribution in [1.29, 1.82) is 0 Å². The fourth-order valence-corrected chi connectivity index (χ4v) is 1.40. The number of phenols is 1. The van der Waals surface area contributed by atoms with Gasteiger partial charge in [-0.2, -0.15) is 0 Å². The van der Waals surface area contributed by atoms with Gasteiger partial charge in [-0.15, -0.1) is 0 Å². The van der Waals surface area contributed by atoms with Crippen LogP contribution in [-0.2, 0) is 0 Å². The first-order valence-corrected chi connectivity index (χ1v) is 5.26. The van der Waals surface area contributed by atoms with Crippen molar-refractivity contribution in [3.63, 3.8) is 0 Å². The van der Waals surface area contributed by atoms with Crippen LogP contribution >= 0.6 is 0 Å². The van der Waals surface area contributed by atoms with E-state index in [-0.39, 0.29) is 5.75 Å². The van der Waals surface area contributed by atoms with E-state index < -0.39 is 11.8 Å². The molecule has 0 aliphatic heterocycles. The van der Waals surface area contributed by atoms with Crippen LogP contribution in [0.1, 0.15) is 0 Å². The minimum atomic E-state index is -0.480. The molecule has 0 aliphatic carbocycles. The van der Waals surface area contributed by atoms with Crippen molar-refractivity contribution in [2.45, 2.75) is 0 Å². The van der Waals surface area contributed by atoms with Gasteiger partial charge in [-0.1, -0.05) is 6.07 Å². The molecule has 0 heterocycles. The Balaban J connectivity index is 1.98. The molecule has 18 heavy (non-hydrogen) atoms. The van der Waals surface area contributed by atoms with Crippen LogP contribution in [0.4, 0.5) is 20.6 Å². The molecule has 0 fully saturated rings. The van der Waals surface area contributed by atoms with Crippen molar-refractivity contribution in [2.24, 2.45) is 0 Å². The maximum atomic E-state index is 12.9. The third kappa shape index (κ3) is 3.21. The van der Waals surface area contributed by atoms with Crippen molar-refractivity contribution < 1.29 is 14.3 Å². The van der Waals surface area contributed by atoms with Crippen LogP contribution in [0.3, 0.4) is 0 Å². The van der Waals surface area contributed by atoms with Gasteiger partial charge in [-0.25, -0.2) is 9.18 Å². The number of carbonyl (C=O) groups excluding carboxylic acids is 1. The van der Waals surface area contributed by atoms with E-state index in [0.717, 1.165) is 0 Å². The highest BCUT2D eigenvalue weighted by atomic mass is 19.1. The minimum Gasteiger partial charge on any atom is -0.508 e. The Morgan fingerprint density at radius 1 is 1.00 bits per heavy atom. The smallest absolute Gasteiger partial charge is 0.323 e. The first-order chi connectivity index (χ1) is 8.63. The number of phenolic OH excluding ortho intramolecular Hbond substituents is 1. The molecule has 0 atom stereocenters. The zero-order valence-electron chi connectivity index (χ0n) is 9.35. The first-order valence-electron chi connectivity index (χ1n) is 5.26. The van der Waals surface area contributed by atoms with Crippen LogP contribution < -0.4 is 10.6 Å². The lowest BCUT2D eigenvalue weighted by molar-refractivity contribution is 0.262. The predicted octanol–water partition coefficient (Wildman–Crippen LogP) is 3.18. The topological polar surface area (TPSA) is 61.4 Å². The standard InChI is InChI=1S/C13H11FN2O2/c14-9-2-1-3-11(8-9)16-13(18)15-10-4-6-12(17)7-5-10/h1-8,17H,(H2,15,16,18). The second-order valence-corrected chi connectivity index (χ2v) is 3.64. The van der Waals surface area contributed by atoms with E-state index in [1.807, 2.05) is 0 Å². The van der Waals surface area contributed by atoms with Gasteiger partial charge in [0.2, 0.25) is 0 Å². The molecule has 0 bridgehead atoms. The molecule has 4 nitrogen and oxygen atoms in total. The molecule has 5 heteroatoms. The molecule has 0 saturated heterocycles. The molecular weight excluding hydrogens is 235 g/mol. The number of aromatic hydroxyl groups is 1. The molecule has 2 rings (SSSR count). The van der Waals surface area contributed by atoms with Gasteiger partial charge in [0.25, 0.3) is 0 Å². The maximum absolute atomic E-state index is 12.9. The third-order valence-corrected chi connectivity index (χ3v) is 2.21. The molecule has 3 N–H and O–H groups in total. The maximum Gasteiger partial charge on any atom is 0.323 e. The molecule has 2 aromatic rings. The van der Waals surface area contributed by atoms with E-state index in [0.29, 0.717) is 11.4 Å². The molecule has 0 radical (unpaired) electrons. The van der Waals surface area contributed by atoms with Crippen LogP contribution in [-0.4, -0.2) is 11.1 Å². The van der Waals surface area contributed by atoms with E-state index >= 15 is 0 Å². The van der Waals surface area contributed by atoms with Gasteiger partial charge < -0.3 is 15.7 Å². The zero-order valence-corrected chi connectivity index (χ0v) is 9.35. The number of urea groups is 1. The van der Waals surface area contributed by atoms with Crippen molar-refractivity contribution in [3.05, 3.63) is 54.3 Å². The molecule has 2 amide bonds. The lowest BCUT2D eigenvalue weighted by Crippen LogP contribution is -2.19. The number of anilines is 2. The summed E-state index contributed by atoms with van der Waals surface area (Å²) in [5.74, 6) is -0.302. The molecule has 0 spiro atoms. The highest BCUT2D eigenvalue weighted by molar-refractivity contribution is 5.99. The van der Waals surface area contributed by atoms with Gasteiger partial charge in [-0.3, -0.25) is 0 Å². The summed E-state index contributed by atoms with van der Waals surface area (Å²) in [6, 6.07) is 11.1. The summed E-state index contributed by atoms with van der Waals surface area (Å²) in [6.45, 7) is 0. The number of hydrogen-bond donors (Lipinski definition) is 3. The van der Waals surface area contributed by atoms with Gasteiger partial charge in [0.05, 0.1) is 0 Å². The summed E-state index contributed by atoms with van der Waals surface area (Å²) in [4.78, 5) is 11.6. The van der Waals surface area contributed by atoms with Crippen LogP contribution in [0.2, 0.25) is 0 Å². The van der Waals surface area contributed by atoms with E-state index in [9.17, 15) is 9.18 Å². The van der Waals surface area contributed by atoms with Crippen LogP contribution in [0, 0.1) is 5.82 Å². The van der Waals surface area contributed by atoms with Crippen molar-refractivity contribution in [3.8, 4) is 5.75 Å². The summed E-state index contributed by atoms with van der Waals surface area (Å²) in [6.07, 6.45) is 0. The van der Waals surface area contributed by atoms with Crippen molar-refractivity contribution >= 4 is 17.4 Å². The monoisotopic (exact) mass is 246 g/mol. The highest BCUT2D eigenvalue weighted by Gasteiger charge is 2.03. The Labute approximate surface area is 103 Å². The number of nitrogens with one attached hydrogen (secondary N) is 2. The predicted molar refractivity (Wildman–Crippen MR) is 67.1 cm³/mol. The Hall–Kier alpha value is -2.56. The van der Waals surface area contributed by atoms with Gasteiger partial charge in [0.15, 0.2) is 0 Å². The summed E-state index contributed by atoms with van der Waals surface area (Å²) < 4.78 is 12.9. The number of carbonyl (C=O) groups is 1. The Bertz CT molecular complexity index is 555. The third-order valence-electron chi connectivity index (χ3n) is 2.21. The SMILES string of the molecule is O=C(Nc1ccc(O)cc1)Nc1cccc(F)c1. The van der Waals surface area contributed by atoms with Crippen LogP contribution in [0.5, 0.6) is 5.75 Å². The fraction of sp³-hybridized carbons (Fsp3) is 0. The van der Waals surface area contributed by atoms with Crippen molar-refractivity contribution in [1.82, 2.24) is 0 Å². The van der Waals surface area contributed by atoms with E-state index in [1.54, 1.807) is 18.2 Å². The second-order valence-electron chi connectivity index (χ2n) is 3.64. The molecule has 2 aromatic carbocycles.